The molecule has 0 radical (unpaired) electrons. The Hall–Kier alpha value is -0.700. The lowest BCUT2D eigenvalue weighted by atomic mass is 10.3. The Labute approximate surface area is 77.0 Å². The van der Waals surface area contributed by atoms with E-state index in [9.17, 15) is 0 Å². The van der Waals surface area contributed by atoms with E-state index in [-0.39, 0.29) is 17.0 Å². The molecule has 0 fully saturated rings. The number of nitrogens with one attached hydrogen (secondary N) is 1. The molecule has 60 valence electrons. The maximum Gasteiger partial charge on any atom is 0.0874 e. The molecule has 1 N–H and O–H groups in total. The zero-order valence-electron chi connectivity index (χ0n) is 6.37. The van der Waals surface area contributed by atoms with Crippen LogP contribution in [0.2, 0.25) is 0 Å². The average molecular weight is 215 g/mol. The van der Waals surface area contributed by atoms with Crippen molar-refractivity contribution < 1.29 is 0 Å². The standard InChI is InChI=1S/C8H10N2.BrH/c1-10-6-9-7-4-2-3-5-8(7)10;/h2-5,9H,6H2,1H3;1H. The summed E-state index contributed by atoms with van der Waals surface area (Å²) in [6.07, 6.45) is 0. The van der Waals surface area contributed by atoms with E-state index in [1.807, 2.05) is 6.07 Å². The number of rotatable bonds is 0. The molecule has 0 saturated heterocycles. The number of para-hydroxylation sites is 2. The predicted molar refractivity (Wildman–Crippen MR) is 53.7 cm³/mol. The number of hydrogen-bond donors (Lipinski definition) is 1. The molecule has 0 unspecified atom stereocenters. The van der Waals surface area contributed by atoms with Gasteiger partial charge >= 0.3 is 0 Å². The van der Waals surface area contributed by atoms with E-state index in [1.54, 1.807) is 0 Å². The van der Waals surface area contributed by atoms with Gasteiger partial charge in [-0.15, -0.1) is 17.0 Å². The summed E-state index contributed by atoms with van der Waals surface area (Å²) in [7, 11) is 2.08. The summed E-state index contributed by atoms with van der Waals surface area (Å²) in [4.78, 5) is 2.19. The van der Waals surface area contributed by atoms with Crippen LogP contribution in [0.15, 0.2) is 24.3 Å². The van der Waals surface area contributed by atoms with Crippen LogP contribution in [0, 0.1) is 0 Å². The van der Waals surface area contributed by atoms with Crippen LogP contribution in [0.25, 0.3) is 0 Å². The number of fused-ring (bicyclic) bond motifs is 1. The third-order valence-electron chi connectivity index (χ3n) is 1.82. The van der Waals surface area contributed by atoms with Gasteiger partial charge in [0.1, 0.15) is 0 Å². The Balaban J connectivity index is 0.000000605. The average Bonchev–Trinajstić information content (AvgIpc) is 2.34. The van der Waals surface area contributed by atoms with E-state index in [2.05, 4.69) is 35.5 Å². The quantitative estimate of drug-likeness (QED) is 0.712. The normalized spacial score (nSPS) is 13.4. The molecule has 0 bridgehead atoms. The van der Waals surface area contributed by atoms with Crippen molar-refractivity contribution in [2.75, 3.05) is 23.9 Å². The van der Waals surface area contributed by atoms with Crippen molar-refractivity contribution in [3.63, 3.8) is 0 Å². The Morgan fingerprint density at radius 1 is 1.36 bits per heavy atom. The lowest BCUT2D eigenvalue weighted by molar-refractivity contribution is 1.03. The van der Waals surface area contributed by atoms with Crippen LogP contribution in [-0.2, 0) is 0 Å². The predicted octanol–water partition coefficient (Wildman–Crippen LogP) is 2.08. The largest absolute Gasteiger partial charge is 0.366 e. The third-order valence-corrected chi connectivity index (χ3v) is 1.82. The van der Waals surface area contributed by atoms with Crippen molar-refractivity contribution >= 4 is 28.4 Å². The van der Waals surface area contributed by atoms with E-state index in [4.69, 9.17) is 0 Å². The summed E-state index contributed by atoms with van der Waals surface area (Å²) in [6, 6.07) is 8.32. The summed E-state index contributed by atoms with van der Waals surface area (Å²) >= 11 is 0. The highest BCUT2D eigenvalue weighted by Gasteiger charge is 2.11. The van der Waals surface area contributed by atoms with Gasteiger partial charge in [0.05, 0.1) is 18.0 Å². The molecule has 1 heterocycles. The highest BCUT2D eigenvalue weighted by molar-refractivity contribution is 8.93. The van der Waals surface area contributed by atoms with Crippen LogP contribution < -0.4 is 10.2 Å². The molecule has 0 spiro atoms. The van der Waals surface area contributed by atoms with Gasteiger partial charge in [0.25, 0.3) is 0 Å². The Morgan fingerprint density at radius 2 is 2.09 bits per heavy atom. The fourth-order valence-electron chi connectivity index (χ4n) is 1.24. The Morgan fingerprint density at radius 3 is 2.82 bits per heavy atom. The van der Waals surface area contributed by atoms with Crippen LogP contribution in [0.3, 0.4) is 0 Å². The lowest BCUT2D eigenvalue weighted by Gasteiger charge is -2.08. The van der Waals surface area contributed by atoms with Gasteiger partial charge in [-0.1, -0.05) is 12.1 Å². The van der Waals surface area contributed by atoms with E-state index in [0.29, 0.717) is 0 Å². The highest BCUT2D eigenvalue weighted by Crippen LogP contribution is 2.28. The summed E-state index contributed by atoms with van der Waals surface area (Å²) in [5.41, 5.74) is 2.53. The highest BCUT2D eigenvalue weighted by atomic mass is 79.9. The minimum absolute atomic E-state index is 0. The SMILES string of the molecule is Br.CN1CNc2ccccc21. The zero-order valence-corrected chi connectivity index (χ0v) is 8.09. The van der Waals surface area contributed by atoms with E-state index in [1.165, 1.54) is 11.4 Å². The van der Waals surface area contributed by atoms with Crippen LogP contribution in [0.4, 0.5) is 11.4 Å². The fourth-order valence-corrected chi connectivity index (χ4v) is 1.24. The molecule has 2 rings (SSSR count). The Kier molecular flexibility index (Phi) is 2.39. The molecule has 1 aliphatic rings. The molecule has 0 atom stereocenters. The number of hydrogen-bond acceptors (Lipinski definition) is 2. The molecule has 0 amide bonds. The smallest absolute Gasteiger partial charge is 0.0874 e. The molecular weight excluding hydrogens is 204 g/mol. The van der Waals surface area contributed by atoms with Gasteiger partial charge in [-0.2, -0.15) is 0 Å². The molecule has 3 heteroatoms. The van der Waals surface area contributed by atoms with E-state index < -0.39 is 0 Å². The number of halogens is 1. The number of anilines is 2. The van der Waals surface area contributed by atoms with Crippen molar-refractivity contribution in [1.29, 1.82) is 0 Å². The molecule has 1 aromatic rings. The van der Waals surface area contributed by atoms with E-state index in [0.717, 1.165) is 6.67 Å². The second-order valence-electron chi connectivity index (χ2n) is 2.55. The van der Waals surface area contributed by atoms with Crippen molar-refractivity contribution in [2.24, 2.45) is 0 Å². The van der Waals surface area contributed by atoms with Crippen molar-refractivity contribution in [2.45, 2.75) is 0 Å². The zero-order chi connectivity index (χ0) is 6.97. The maximum atomic E-state index is 3.28. The minimum atomic E-state index is 0. The first kappa shape index (κ1) is 8.40. The Bertz CT molecular complexity index is 250. The maximum absolute atomic E-state index is 3.28. The van der Waals surface area contributed by atoms with Crippen molar-refractivity contribution in [3.05, 3.63) is 24.3 Å². The van der Waals surface area contributed by atoms with Gasteiger partial charge in [0, 0.05) is 7.05 Å². The molecule has 2 nitrogen and oxygen atoms in total. The summed E-state index contributed by atoms with van der Waals surface area (Å²) < 4.78 is 0. The molecule has 0 saturated carbocycles. The summed E-state index contributed by atoms with van der Waals surface area (Å²) in [5, 5.41) is 3.28. The molecule has 0 aliphatic carbocycles. The van der Waals surface area contributed by atoms with Crippen LogP contribution in [0.1, 0.15) is 0 Å². The number of nitrogens with zero attached hydrogens (tertiary/aromatic N) is 1. The molecular formula is C8H11BrN2. The fraction of sp³-hybridized carbons (Fsp3) is 0.250. The van der Waals surface area contributed by atoms with Gasteiger partial charge in [-0.3, -0.25) is 0 Å². The van der Waals surface area contributed by atoms with Crippen LogP contribution >= 0.6 is 17.0 Å². The van der Waals surface area contributed by atoms with Gasteiger partial charge in [-0.25, -0.2) is 0 Å². The van der Waals surface area contributed by atoms with Gasteiger partial charge in [0.2, 0.25) is 0 Å². The van der Waals surface area contributed by atoms with Crippen LogP contribution in [-0.4, -0.2) is 13.7 Å². The second-order valence-corrected chi connectivity index (χ2v) is 2.55. The lowest BCUT2D eigenvalue weighted by Crippen LogP contribution is -2.15. The molecule has 0 aromatic heterocycles. The summed E-state index contributed by atoms with van der Waals surface area (Å²) in [5.74, 6) is 0. The first-order valence-corrected chi connectivity index (χ1v) is 3.42. The second kappa shape index (κ2) is 3.13. The van der Waals surface area contributed by atoms with Crippen LogP contribution in [0.5, 0.6) is 0 Å². The van der Waals surface area contributed by atoms with Crippen molar-refractivity contribution in [3.8, 4) is 0 Å². The topological polar surface area (TPSA) is 15.3 Å². The van der Waals surface area contributed by atoms with Gasteiger partial charge < -0.3 is 10.2 Å². The molecule has 11 heavy (non-hydrogen) atoms. The first-order valence-electron chi connectivity index (χ1n) is 3.42. The summed E-state index contributed by atoms with van der Waals surface area (Å²) in [6.45, 7) is 0.930. The third kappa shape index (κ3) is 1.33. The van der Waals surface area contributed by atoms with Gasteiger partial charge in [-0.05, 0) is 12.1 Å². The minimum Gasteiger partial charge on any atom is -0.366 e. The first-order chi connectivity index (χ1) is 4.88. The van der Waals surface area contributed by atoms with E-state index >= 15 is 0 Å². The molecule has 1 aliphatic heterocycles. The number of benzene rings is 1. The van der Waals surface area contributed by atoms with Crippen molar-refractivity contribution in [1.82, 2.24) is 0 Å². The monoisotopic (exact) mass is 214 g/mol. The van der Waals surface area contributed by atoms with Gasteiger partial charge in [0.15, 0.2) is 0 Å². The molecule has 1 aromatic carbocycles.